The van der Waals surface area contributed by atoms with Crippen LogP contribution in [0.15, 0.2) is 93.5 Å². The molecule has 1 aliphatic rings. The second kappa shape index (κ2) is 9.68. The normalized spacial score (nSPS) is 14.2. The predicted molar refractivity (Wildman–Crippen MR) is 117 cm³/mol. The summed E-state index contributed by atoms with van der Waals surface area (Å²) in [5.74, 6) is 0.353. The van der Waals surface area contributed by atoms with Crippen molar-refractivity contribution in [3.05, 3.63) is 89.5 Å². The molecule has 0 bridgehead atoms. The van der Waals surface area contributed by atoms with Gasteiger partial charge >= 0.3 is 29.6 Å². The zero-order chi connectivity index (χ0) is 21.3. The summed E-state index contributed by atoms with van der Waals surface area (Å²) in [6, 6.07) is 16.5. The number of hydrogen-bond acceptors (Lipinski definition) is 7. The van der Waals surface area contributed by atoms with Gasteiger partial charge in [0.05, 0.1) is 11.4 Å². The quantitative estimate of drug-likeness (QED) is 0.335. The molecule has 0 aliphatic carbocycles. The number of para-hydroxylation sites is 2. The molecule has 0 unspecified atom stereocenters. The number of nitrogens with zero attached hydrogens (tertiary/aromatic N) is 3. The summed E-state index contributed by atoms with van der Waals surface area (Å²) in [7, 11) is -4.86. The topological polar surface area (TPSA) is 86.2 Å². The van der Waals surface area contributed by atoms with Gasteiger partial charge in [-0.05, 0) is 49.8 Å². The van der Waals surface area contributed by atoms with Crippen LogP contribution in [0.5, 0.6) is 0 Å². The number of hydrogen-bond donors (Lipinski definition) is 0. The van der Waals surface area contributed by atoms with E-state index in [0.717, 1.165) is 9.79 Å². The molecule has 0 saturated heterocycles. The van der Waals surface area contributed by atoms with Gasteiger partial charge in [0.2, 0.25) is 0 Å². The van der Waals surface area contributed by atoms with Crippen molar-refractivity contribution >= 4 is 38.8 Å². The van der Waals surface area contributed by atoms with Crippen molar-refractivity contribution in [2.24, 2.45) is 0 Å². The van der Waals surface area contributed by atoms with Crippen molar-refractivity contribution < 1.29 is 42.5 Å². The van der Waals surface area contributed by atoms with E-state index in [9.17, 15) is 13.0 Å². The fourth-order valence-electron chi connectivity index (χ4n) is 3.46. The Morgan fingerprint density at radius 1 is 0.968 bits per heavy atom. The van der Waals surface area contributed by atoms with Crippen molar-refractivity contribution in [1.82, 2.24) is 9.97 Å². The standard InChI is InChI=1S/C22H19N3O3S2.Na/c1-3-16(21-23-13-8-14-24-21)15(2)22(30(26,27)28)25-17-9-4-6-11-19(17)29-20-12-7-5-10-18(20)25;/h3-14H,1-2H3,(H,26,27,28);/q;+1/p-1. The van der Waals surface area contributed by atoms with E-state index in [1.54, 1.807) is 38.4 Å². The van der Waals surface area contributed by atoms with Crippen molar-refractivity contribution in [2.45, 2.75) is 23.6 Å². The van der Waals surface area contributed by atoms with Gasteiger partial charge in [-0.3, -0.25) is 4.90 Å². The number of rotatable bonds is 4. The van der Waals surface area contributed by atoms with Crippen LogP contribution in [-0.2, 0) is 10.1 Å². The molecular weight excluding hydrogens is 441 g/mol. The van der Waals surface area contributed by atoms with Crippen LogP contribution in [0.4, 0.5) is 11.4 Å². The van der Waals surface area contributed by atoms with E-state index < -0.39 is 10.1 Å². The molecule has 0 atom stereocenters. The maximum atomic E-state index is 12.6. The van der Waals surface area contributed by atoms with E-state index in [0.29, 0.717) is 22.8 Å². The molecule has 0 N–H and O–H groups in total. The van der Waals surface area contributed by atoms with Gasteiger partial charge in [-0.15, -0.1) is 0 Å². The Balaban J connectivity index is 0.00000272. The van der Waals surface area contributed by atoms with E-state index in [2.05, 4.69) is 9.97 Å². The van der Waals surface area contributed by atoms with Crippen LogP contribution in [0.3, 0.4) is 0 Å². The molecule has 0 fully saturated rings. The molecule has 9 heteroatoms. The van der Waals surface area contributed by atoms with E-state index >= 15 is 0 Å². The Morgan fingerprint density at radius 3 is 1.97 bits per heavy atom. The molecular formula is C22H18N3NaO3S2. The maximum absolute atomic E-state index is 12.6. The molecule has 2 aromatic carbocycles. The first-order valence-electron chi connectivity index (χ1n) is 9.18. The van der Waals surface area contributed by atoms with Crippen LogP contribution >= 0.6 is 11.8 Å². The summed E-state index contributed by atoms with van der Waals surface area (Å²) < 4.78 is 37.8. The zero-order valence-electron chi connectivity index (χ0n) is 17.3. The number of benzene rings is 2. The number of aromatic nitrogens is 2. The van der Waals surface area contributed by atoms with Gasteiger partial charge in [0.1, 0.15) is 15.1 Å². The van der Waals surface area contributed by atoms with Gasteiger partial charge in [-0.1, -0.05) is 42.1 Å². The zero-order valence-corrected chi connectivity index (χ0v) is 20.9. The van der Waals surface area contributed by atoms with Gasteiger partial charge in [0.15, 0.2) is 5.82 Å². The van der Waals surface area contributed by atoms with Crippen molar-refractivity contribution in [1.29, 1.82) is 0 Å². The predicted octanol–water partition coefficient (Wildman–Crippen LogP) is 1.96. The second-order valence-electron chi connectivity index (χ2n) is 6.53. The Bertz CT molecular complexity index is 1230. The third-order valence-electron chi connectivity index (χ3n) is 4.69. The van der Waals surface area contributed by atoms with Crippen molar-refractivity contribution in [3.63, 3.8) is 0 Å². The summed E-state index contributed by atoms with van der Waals surface area (Å²) in [6.07, 6.45) is 4.87. The van der Waals surface area contributed by atoms with Gasteiger partial charge in [0.25, 0.3) is 0 Å². The SMILES string of the molecule is CC=C(C(C)=C(N1c2ccccc2Sc2ccccc21)S(=O)(=O)[O-])c1ncccn1.[Na+]. The number of anilines is 2. The second-order valence-corrected chi connectivity index (χ2v) is 8.91. The fourth-order valence-corrected chi connectivity index (χ4v) is 5.42. The first-order chi connectivity index (χ1) is 14.4. The molecule has 0 saturated carbocycles. The average Bonchev–Trinajstić information content (AvgIpc) is 2.74. The number of fused-ring (bicyclic) bond motifs is 2. The van der Waals surface area contributed by atoms with Crippen molar-refractivity contribution in [3.8, 4) is 0 Å². The van der Waals surface area contributed by atoms with Crippen molar-refractivity contribution in [2.75, 3.05) is 4.90 Å². The molecule has 6 nitrogen and oxygen atoms in total. The van der Waals surface area contributed by atoms with Gasteiger partial charge in [-0.2, -0.15) is 0 Å². The smallest absolute Gasteiger partial charge is 0.743 e. The van der Waals surface area contributed by atoms with Gasteiger partial charge in [-0.25, -0.2) is 18.4 Å². The van der Waals surface area contributed by atoms with E-state index in [4.69, 9.17) is 0 Å². The monoisotopic (exact) mass is 459 g/mol. The minimum atomic E-state index is -4.86. The summed E-state index contributed by atoms with van der Waals surface area (Å²) in [5.41, 5.74) is 2.05. The third kappa shape index (κ3) is 4.64. The summed E-state index contributed by atoms with van der Waals surface area (Å²) in [5, 5.41) is -0.330. The first-order valence-corrected chi connectivity index (χ1v) is 11.4. The molecule has 1 aromatic heterocycles. The third-order valence-corrected chi connectivity index (χ3v) is 6.78. The molecule has 4 rings (SSSR count). The van der Waals surface area contributed by atoms with Crippen LogP contribution < -0.4 is 34.5 Å². The summed E-state index contributed by atoms with van der Waals surface area (Å²) >= 11 is 1.54. The Kier molecular flexibility index (Phi) is 7.41. The Labute approximate surface area is 208 Å². The average molecular weight is 460 g/mol. The van der Waals surface area contributed by atoms with E-state index in [-0.39, 0.29) is 40.2 Å². The van der Waals surface area contributed by atoms with Crippen LogP contribution in [0, 0.1) is 0 Å². The van der Waals surface area contributed by atoms with Crippen LogP contribution in [0.2, 0.25) is 0 Å². The molecule has 2 heterocycles. The largest absolute Gasteiger partial charge is 1.00 e. The minimum absolute atomic E-state index is 0. The number of allylic oxidation sites excluding steroid dienone is 3. The molecule has 31 heavy (non-hydrogen) atoms. The Morgan fingerprint density at radius 2 is 1.48 bits per heavy atom. The molecule has 3 aromatic rings. The molecule has 0 amide bonds. The van der Waals surface area contributed by atoms with E-state index in [1.807, 2.05) is 48.5 Å². The van der Waals surface area contributed by atoms with Gasteiger partial charge in [0, 0.05) is 27.8 Å². The minimum Gasteiger partial charge on any atom is -0.743 e. The molecule has 1 aliphatic heterocycles. The van der Waals surface area contributed by atoms with Crippen LogP contribution in [-0.4, -0.2) is 22.9 Å². The van der Waals surface area contributed by atoms with Crippen LogP contribution in [0.25, 0.3) is 5.57 Å². The van der Waals surface area contributed by atoms with Gasteiger partial charge < -0.3 is 4.55 Å². The maximum Gasteiger partial charge on any atom is 1.00 e. The van der Waals surface area contributed by atoms with Crippen LogP contribution in [0.1, 0.15) is 19.7 Å². The molecule has 152 valence electrons. The first kappa shape index (κ1) is 23.7. The fraction of sp³-hybridized carbons (Fsp3) is 0.0909. The summed E-state index contributed by atoms with van der Waals surface area (Å²) in [6.45, 7) is 3.38. The molecule has 0 radical (unpaired) electrons. The Hall–Kier alpha value is -1.94. The molecule has 0 spiro atoms. The van der Waals surface area contributed by atoms with E-state index in [1.165, 1.54) is 16.7 Å². The summed E-state index contributed by atoms with van der Waals surface area (Å²) in [4.78, 5) is 11.7.